The topological polar surface area (TPSA) is 88.6 Å². The van der Waals surface area contributed by atoms with Gasteiger partial charge in [-0.25, -0.2) is 13.4 Å². The van der Waals surface area contributed by atoms with Gasteiger partial charge in [0, 0.05) is 29.8 Å². The minimum absolute atomic E-state index is 0.0474. The molecule has 0 fully saturated rings. The summed E-state index contributed by atoms with van der Waals surface area (Å²) in [6.07, 6.45) is 1.63. The molecule has 0 radical (unpaired) electrons. The number of rotatable bonds is 8. The van der Waals surface area contributed by atoms with E-state index in [1.54, 1.807) is 6.20 Å². The van der Waals surface area contributed by atoms with Crippen molar-refractivity contribution in [2.75, 3.05) is 32.1 Å². The number of amides is 1. The molecule has 0 saturated heterocycles. The first-order valence-corrected chi connectivity index (χ1v) is 9.93. The summed E-state index contributed by atoms with van der Waals surface area (Å²) in [6.45, 7) is 1.73. The molecule has 1 amide bonds. The number of anilines is 1. The van der Waals surface area contributed by atoms with E-state index >= 15 is 0 Å². The van der Waals surface area contributed by atoms with Crippen LogP contribution >= 0.6 is 22.9 Å². The Bertz CT molecular complexity index is 822. The highest BCUT2D eigenvalue weighted by molar-refractivity contribution is 7.89. The minimum Gasteiger partial charge on any atom is -0.383 e. The lowest BCUT2D eigenvalue weighted by atomic mass is 10.4. The predicted molar refractivity (Wildman–Crippen MR) is 97.6 cm³/mol. The Labute approximate surface area is 155 Å². The van der Waals surface area contributed by atoms with Crippen LogP contribution in [0.25, 0.3) is 0 Å². The van der Waals surface area contributed by atoms with E-state index in [9.17, 15) is 13.2 Å². The van der Waals surface area contributed by atoms with Crippen molar-refractivity contribution >= 4 is 44.0 Å². The summed E-state index contributed by atoms with van der Waals surface area (Å²) in [5, 5.41) is 3.46. The lowest BCUT2D eigenvalue weighted by molar-refractivity contribution is -0.116. The molecule has 1 N–H and O–H groups in total. The molecule has 1 aromatic heterocycles. The lowest BCUT2D eigenvalue weighted by Crippen LogP contribution is -2.39. The average molecular weight is 404 g/mol. The standard InChI is InChI=1S/C15H18ClN3O4S2/c1-11-9-17-15(24-11)18-14(20)10-19(7-8-23-2)25(21,22)13-5-3-12(16)4-6-13/h3-6,9H,7-8,10H2,1-2H3,(H,17,18,20). The zero-order valence-corrected chi connectivity index (χ0v) is 16.1. The molecule has 10 heteroatoms. The van der Waals surface area contributed by atoms with E-state index in [0.717, 1.165) is 9.18 Å². The quantitative estimate of drug-likeness (QED) is 0.731. The normalized spacial score (nSPS) is 11.7. The highest BCUT2D eigenvalue weighted by Gasteiger charge is 2.26. The molecule has 25 heavy (non-hydrogen) atoms. The second-order valence-electron chi connectivity index (χ2n) is 5.11. The van der Waals surface area contributed by atoms with Crippen molar-refractivity contribution < 1.29 is 17.9 Å². The summed E-state index contributed by atoms with van der Waals surface area (Å²) in [6, 6.07) is 5.78. The van der Waals surface area contributed by atoms with Crippen molar-refractivity contribution in [3.8, 4) is 0 Å². The third-order valence-corrected chi connectivity index (χ3v) is 6.12. The molecule has 0 unspecified atom stereocenters. The zero-order chi connectivity index (χ0) is 18.4. The zero-order valence-electron chi connectivity index (χ0n) is 13.7. The maximum Gasteiger partial charge on any atom is 0.243 e. The van der Waals surface area contributed by atoms with Crippen LogP contribution in [0.4, 0.5) is 5.13 Å². The molecule has 0 atom stereocenters. The Hall–Kier alpha value is -1.52. The van der Waals surface area contributed by atoms with Crippen LogP contribution in [0.3, 0.4) is 0 Å². The van der Waals surface area contributed by atoms with Gasteiger partial charge in [-0.15, -0.1) is 11.3 Å². The molecule has 0 aliphatic rings. The number of ether oxygens (including phenoxy) is 1. The minimum atomic E-state index is -3.86. The molecule has 2 rings (SSSR count). The molecule has 1 heterocycles. The summed E-state index contributed by atoms with van der Waals surface area (Å²) in [5.41, 5.74) is 0. The summed E-state index contributed by atoms with van der Waals surface area (Å²) in [7, 11) is -2.39. The van der Waals surface area contributed by atoms with Gasteiger partial charge in [-0.1, -0.05) is 11.6 Å². The number of nitrogens with one attached hydrogen (secondary N) is 1. The highest BCUT2D eigenvalue weighted by Crippen LogP contribution is 2.19. The highest BCUT2D eigenvalue weighted by atomic mass is 35.5. The van der Waals surface area contributed by atoms with Gasteiger partial charge in [-0.05, 0) is 31.2 Å². The number of nitrogens with zero attached hydrogens (tertiary/aromatic N) is 2. The van der Waals surface area contributed by atoms with Crippen LogP contribution in [-0.4, -0.2) is 50.4 Å². The largest absolute Gasteiger partial charge is 0.383 e. The number of hydrogen-bond acceptors (Lipinski definition) is 6. The van der Waals surface area contributed by atoms with E-state index < -0.39 is 15.9 Å². The summed E-state index contributed by atoms with van der Waals surface area (Å²) in [4.78, 5) is 17.3. The van der Waals surface area contributed by atoms with Gasteiger partial charge in [0.15, 0.2) is 5.13 Å². The van der Waals surface area contributed by atoms with E-state index in [1.165, 1.54) is 42.7 Å². The van der Waals surface area contributed by atoms with Crippen LogP contribution in [0.1, 0.15) is 4.88 Å². The Balaban J connectivity index is 2.16. The third-order valence-electron chi connectivity index (χ3n) is 3.18. The first kappa shape index (κ1) is 19.8. The summed E-state index contributed by atoms with van der Waals surface area (Å²) >= 11 is 7.12. The van der Waals surface area contributed by atoms with Crippen LogP contribution < -0.4 is 5.32 Å². The molecule has 0 saturated carbocycles. The lowest BCUT2D eigenvalue weighted by Gasteiger charge is -2.21. The van der Waals surface area contributed by atoms with Crippen molar-refractivity contribution in [1.29, 1.82) is 0 Å². The fourth-order valence-corrected chi connectivity index (χ4v) is 4.15. The number of aromatic nitrogens is 1. The van der Waals surface area contributed by atoms with Crippen LogP contribution in [0.5, 0.6) is 0 Å². The Morgan fingerprint density at radius 1 is 1.36 bits per heavy atom. The second-order valence-corrected chi connectivity index (χ2v) is 8.72. The third kappa shape index (κ3) is 5.48. The van der Waals surface area contributed by atoms with Gasteiger partial charge < -0.3 is 10.1 Å². The average Bonchev–Trinajstić information content (AvgIpc) is 2.96. The summed E-state index contributed by atoms with van der Waals surface area (Å²) < 4.78 is 31.6. The molecular formula is C15H18ClN3O4S2. The van der Waals surface area contributed by atoms with Crippen LogP contribution in [0.15, 0.2) is 35.4 Å². The number of carbonyl (C=O) groups is 1. The second kappa shape index (κ2) is 8.72. The van der Waals surface area contributed by atoms with Gasteiger partial charge in [0.25, 0.3) is 0 Å². The van der Waals surface area contributed by atoms with Crippen LogP contribution in [0, 0.1) is 6.92 Å². The molecule has 0 aliphatic carbocycles. The Morgan fingerprint density at radius 3 is 2.60 bits per heavy atom. The van der Waals surface area contributed by atoms with Gasteiger partial charge in [0.05, 0.1) is 18.0 Å². The number of thiazole rings is 1. The van der Waals surface area contributed by atoms with Gasteiger partial charge in [-0.3, -0.25) is 4.79 Å². The first-order chi connectivity index (χ1) is 11.8. The number of hydrogen-bond donors (Lipinski definition) is 1. The Kier molecular flexibility index (Phi) is 6.91. The van der Waals surface area contributed by atoms with Crippen molar-refractivity contribution in [1.82, 2.24) is 9.29 Å². The van der Waals surface area contributed by atoms with Gasteiger partial charge in [0.2, 0.25) is 15.9 Å². The van der Waals surface area contributed by atoms with Crippen molar-refractivity contribution in [2.24, 2.45) is 0 Å². The molecule has 0 aliphatic heterocycles. The molecule has 7 nitrogen and oxygen atoms in total. The Morgan fingerprint density at radius 2 is 2.04 bits per heavy atom. The van der Waals surface area contributed by atoms with Crippen molar-refractivity contribution in [3.63, 3.8) is 0 Å². The maximum absolute atomic E-state index is 12.8. The van der Waals surface area contributed by atoms with Gasteiger partial charge in [0.1, 0.15) is 0 Å². The first-order valence-electron chi connectivity index (χ1n) is 7.30. The molecule has 0 spiro atoms. The molecule has 136 valence electrons. The number of carbonyl (C=O) groups excluding carboxylic acids is 1. The fourth-order valence-electron chi connectivity index (χ4n) is 1.96. The predicted octanol–water partition coefficient (Wildman–Crippen LogP) is 2.38. The maximum atomic E-state index is 12.8. The van der Waals surface area contributed by atoms with Gasteiger partial charge >= 0.3 is 0 Å². The van der Waals surface area contributed by atoms with E-state index in [2.05, 4.69) is 10.3 Å². The van der Waals surface area contributed by atoms with Crippen molar-refractivity contribution in [3.05, 3.63) is 40.4 Å². The van der Waals surface area contributed by atoms with Gasteiger partial charge in [-0.2, -0.15) is 4.31 Å². The number of benzene rings is 1. The van der Waals surface area contributed by atoms with Crippen molar-refractivity contribution in [2.45, 2.75) is 11.8 Å². The van der Waals surface area contributed by atoms with Crippen LogP contribution in [-0.2, 0) is 19.6 Å². The van der Waals surface area contributed by atoms with E-state index in [4.69, 9.17) is 16.3 Å². The number of methoxy groups -OCH3 is 1. The fraction of sp³-hybridized carbons (Fsp3) is 0.333. The van der Waals surface area contributed by atoms with Crippen LogP contribution in [0.2, 0.25) is 5.02 Å². The molecule has 0 bridgehead atoms. The number of sulfonamides is 1. The van der Waals surface area contributed by atoms with E-state index in [0.29, 0.717) is 10.2 Å². The van der Waals surface area contributed by atoms with E-state index in [1.807, 2.05) is 6.92 Å². The molecular weight excluding hydrogens is 386 g/mol. The molecule has 1 aromatic carbocycles. The monoisotopic (exact) mass is 403 g/mol. The smallest absolute Gasteiger partial charge is 0.243 e. The SMILES string of the molecule is COCCN(CC(=O)Nc1ncc(C)s1)S(=O)(=O)c1ccc(Cl)cc1. The summed E-state index contributed by atoms with van der Waals surface area (Å²) in [5.74, 6) is -0.469. The number of aryl methyl sites for hydroxylation is 1. The number of halogens is 1. The molecule has 2 aromatic rings. The van der Waals surface area contributed by atoms with E-state index in [-0.39, 0.29) is 24.6 Å².